The van der Waals surface area contributed by atoms with Gasteiger partial charge in [-0.25, -0.2) is 4.98 Å². The average Bonchev–Trinajstić information content (AvgIpc) is 2.20. The largest absolute Gasteiger partial charge is 0.368 e. The first-order valence-electron chi connectivity index (χ1n) is 5.53. The van der Waals surface area contributed by atoms with Crippen LogP contribution in [-0.2, 0) is 0 Å². The molecular weight excluding hydrogens is 224 g/mol. The molecule has 90 valence electrons. The second-order valence-electron chi connectivity index (χ2n) is 4.44. The van der Waals surface area contributed by atoms with Crippen molar-refractivity contribution in [1.82, 2.24) is 9.97 Å². The highest BCUT2D eigenvalue weighted by atomic mass is 35.5. The van der Waals surface area contributed by atoms with Gasteiger partial charge in [-0.15, -0.1) is 0 Å². The molecule has 0 saturated heterocycles. The fourth-order valence-electron chi connectivity index (χ4n) is 1.37. The van der Waals surface area contributed by atoms with Crippen molar-refractivity contribution in [3.63, 3.8) is 0 Å². The maximum atomic E-state index is 5.96. The number of aromatic nitrogens is 2. The summed E-state index contributed by atoms with van der Waals surface area (Å²) in [6.45, 7) is 6.53. The van der Waals surface area contributed by atoms with Crippen molar-refractivity contribution in [3.05, 3.63) is 11.2 Å². The molecule has 0 radical (unpaired) electrons. The Bertz CT molecular complexity index is 341. The zero-order valence-corrected chi connectivity index (χ0v) is 10.8. The van der Waals surface area contributed by atoms with Crippen LogP contribution >= 0.6 is 11.6 Å². The third kappa shape index (κ3) is 4.23. The Balaban J connectivity index is 2.55. The molecule has 0 aliphatic rings. The van der Waals surface area contributed by atoms with Gasteiger partial charge in [0.1, 0.15) is 5.02 Å². The number of halogens is 1. The van der Waals surface area contributed by atoms with E-state index in [1.165, 1.54) is 12.6 Å². The van der Waals surface area contributed by atoms with Crippen molar-refractivity contribution in [1.29, 1.82) is 0 Å². The van der Waals surface area contributed by atoms with Crippen molar-refractivity contribution in [2.24, 2.45) is 5.92 Å². The molecule has 4 nitrogen and oxygen atoms in total. The lowest BCUT2D eigenvalue weighted by molar-refractivity contribution is 0.527. The highest BCUT2D eigenvalue weighted by Gasteiger charge is 2.08. The smallest absolute Gasteiger partial charge is 0.222 e. The molecule has 16 heavy (non-hydrogen) atoms. The third-order valence-corrected chi connectivity index (χ3v) is 2.60. The maximum absolute atomic E-state index is 5.96. The number of hydrogen-bond acceptors (Lipinski definition) is 4. The molecule has 0 saturated carbocycles. The van der Waals surface area contributed by atoms with E-state index in [2.05, 4.69) is 36.1 Å². The summed E-state index contributed by atoms with van der Waals surface area (Å²) in [5.41, 5.74) is 5.50. The molecule has 0 amide bonds. The molecule has 1 rings (SSSR count). The Hall–Kier alpha value is -1.03. The number of nitrogens with two attached hydrogens (primary N) is 1. The van der Waals surface area contributed by atoms with Gasteiger partial charge in [0.25, 0.3) is 0 Å². The van der Waals surface area contributed by atoms with Crippen LogP contribution < -0.4 is 11.1 Å². The summed E-state index contributed by atoms with van der Waals surface area (Å²) >= 11 is 5.96. The fourth-order valence-corrected chi connectivity index (χ4v) is 1.52. The summed E-state index contributed by atoms with van der Waals surface area (Å²) in [4.78, 5) is 7.88. The minimum Gasteiger partial charge on any atom is -0.368 e. The minimum atomic E-state index is 0.239. The summed E-state index contributed by atoms with van der Waals surface area (Å²) in [5, 5.41) is 3.75. The normalized spacial score (nSPS) is 12.8. The molecule has 0 bridgehead atoms. The number of hydrogen-bond donors (Lipinski definition) is 2. The molecule has 0 aliphatic heterocycles. The van der Waals surface area contributed by atoms with Crippen LogP contribution in [0.15, 0.2) is 6.20 Å². The molecule has 1 aromatic heterocycles. The van der Waals surface area contributed by atoms with Crippen LogP contribution in [0.1, 0.15) is 33.6 Å². The standard InChI is InChI=1S/C11H19ClN4/c1-7(2)4-5-8(3)15-10-9(12)6-14-11(13)16-10/h6-8H,4-5H2,1-3H3,(H3,13,14,15,16). The van der Waals surface area contributed by atoms with Crippen LogP contribution in [0.5, 0.6) is 0 Å². The van der Waals surface area contributed by atoms with Crippen molar-refractivity contribution in [3.8, 4) is 0 Å². The van der Waals surface area contributed by atoms with E-state index in [0.717, 1.165) is 6.42 Å². The number of nitrogens with one attached hydrogen (secondary N) is 1. The van der Waals surface area contributed by atoms with Crippen molar-refractivity contribution in [2.45, 2.75) is 39.7 Å². The van der Waals surface area contributed by atoms with E-state index in [0.29, 0.717) is 22.8 Å². The van der Waals surface area contributed by atoms with Gasteiger partial charge in [-0.2, -0.15) is 4.98 Å². The Kier molecular flexibility index (Phi) is 4.80. The summed E-state index contributed by atoms with van der Waals surface area (Å²) in [7, 11) is 0. The van der Waals surface area contributed by atoms with Crippen LogP contribution in [0.25, 0.3) is 0 Å². The van der Waals surface area contributed by atoms with Crippen LogP contribution in [0.3, 0.4) is 0 Å². The zero-order chi connectivity index (χ0) is 12.1. The molecule has 1 atom stereocenters. The molecule has 1 aromatic rings. The highest BCUT2D eigenvalue weighted by molar-refractivity contribution is 6.32. The Morgan fingerprint density at radius 3 is 2.69 bits per heavy atom. The van der Waals surface area contributed by atoms with E-state index >= 15 is 0 Å². The van der Waals surface area contributed by atoms with E-state index in [1.807, 2.05) is 0 Å². The number of anilines is 2. The van der Waals surface area contributed by atoms with E-state index in [1.54, 1.807) is 0 Å². The van der Waals surface area contributed by atoms with Gasteiger partial charge in [0.05, 0.1) is 6.20 Å². The lowest BCUT2D eigenvalue weighted by Gasteiger charge is -2.16. The second-order valence-corrected chi connectivity index (χ2v) is 4.85. The molecule has 5 heteroatoms. The van der Waals surface area contributed by atoms with Gasteiger partial charge in [0, 0.05) is 6.04 Å². The molecule has 0 aliphatic carbocycles. The summed E-state index contributed by atoms with van der Waals surface area (Å²) in [6, 6.07) is 0.328. The molecule has 1 unspecified atom stereocenters. The van der Waals surface area contributed by atoms with Crippen LogP contribution in [0.2, 0.25) is 5.02 Å². The maximum Gasteiger partial charge on any atom is 0.222 e. The summed E-state index contributed by atoms with van der Waals surface area (Å²) in [5.74, 6) is 1.56. The lowest BCUT2D eigenvalue weighted by Crippen LogP contribution is -2.17. The van der Waals surface area contributed by atoms with Gasteiger partial charge >= 0.3 is 0 Å². The fraction of sp³-hybridized carbons (Fsp3) is 0.636. The second kappa shape index (κ2) is 5.89. The van der Waals surface area contributed by atoms with Gasteiger partial charge < -0.3 is 11.1 Å². The molecule has 0 aromatic carbocycles. The first-order chi connectivity index (χ1) is 7.49. The average molecular weight is 243 g/mol. The molecule has 1 heterocycles. The van der Waals surface area contributed by atoms with Gasteiger partial charge in [-0.05, 0) is 25.7 Å². The zero-order valence-electron chi connectivity index (χ0n) is 10.00. The van der Waals surface area contributed by atoms with Crippen LogP contribution in [0.4, 0.5) is 11.8 Å². The number of nitrogens with zero attached hydrogens (tertiary/aromatic N) is 2. The Labute approximate surface area is 102 Å². The predicted molar refractivity (Wildman–Crippen MR) is 68.6 cm³/mol. The topological polar surface area (TPSA) is 63.8 Å². The van der Waals surface area contributed by atoms with Crippen molar-refractivity contribution < 1.29 is 0 Å². The summed E-state index contributed by atoms with van der Waals surface area (Å²) in [6.07, 6.45) is 3.77. The first-order valence-corrected chi connectivity index (χ1v) is 5.91. The van der Waals surface area contributed by atoms with Gasteiger partial charge in [-0.3, -0.25) is 0 Å². The van der Waals surface area contributed by atoms with E-state index in [-0.39, 0.29) is 5.95 Å². The Morgan fingerprint density at radius 2 is 2.06 bits per heavy atom. The molecule has 0 fully saturated rings. The number of nitrogen functional groups attached to an aromatic ring is 1. The molecular formula is C11H19ClN4. The van der Waals surface area contributed by atoms with Gasteiger partial charge in [-0.1, -0.05) is 25.4 Å². The lowest BCUT2D eigenvalue weighted by atomic mass is 10.0. The molecule has 3 N–H and O–H groups in total. The SMILES string of the molecule is CC(C)CCC(C)Nc1nc(N)ncc1Cl. The van der Waals surface area contributed by atoms with Crippen LogP contribution in [-0.4, -0.2) is 16.0 Å². The van der Waals surface area contributed by atoms with E-state index in [4.69, 9.17) is 17.3 Å². The molecule has 0 spiro atoms. The Morgan fingerprint density at radius 1 is 1.38 bits per heavy atom. The van der Waals surface area contributed by atoms with Crippen molar-refractivity contribution in [2.75, 3.05) is 11.1 Å². The summed E-state index contributed by atoms with van der Waals surface area (Å²) < 4.78 is 0. The minimum absolute atomic E-state index is 0.239. The van der Waals surface area contributed by atoms with E-state index < -0.39 is 0 Å². The first kappa shape index (κ1) is 13.0. The van der Waals surface area contributed by atoms with Crippen molar-refractivity contribution >= 4 is 23.4 Å². The van der Waals surface area contributed by atoms with Gasteiger partial charge in [0.15, 0.2) is 5.82 Å². The van der Waals surface area contributed by atoms with Gasteiger partial charge in [0.2, 0.25) is 5.95 Å². The highest BCUT2D eigenvalue weighted by Crippen LogP contribution is 2.20. The monoisotopic (exact) mass is 242 g/mol. The van der Waals surface area contributed by atoms with Crippen LogP contribution in [0, 0.1) is 5.92 Å². The van der Waals surface area contributed by atoms with E-state index in [9.17, 15) is 0 Å². The quantitative estimate of drug-likeness (QED) is 0.833. The number of rotatable bonds is 5. The predicted octanol–water partition coefficient (Wildman–Crippen LogP) is 2.95. The third-order valence-electron chi connectivity index (χ3n) is 2.32.